The summed E-state index contributed by atoms with van der Waals surface area (Å²) in [6.07, 6.45) is -1.10. The number of nitrogens with zero attached hydrogens (tertiary/aromatic N) is 1. The standard InChI is InChI=1S/C19H18N2O3S/c1-10-8-9-11(2)17-15(10)20-19(25-17)21-18(22)16-12(3)23-13-6-4-5-7-14(13)24-16/h4-9,12,16H,1-3H3,(H,20,21,22). The molecule has 0 fully saturated rings. The Morgan fingerprint density at radius 2 is 1.76 bits per heavy atom. The van der Waals surface area contributed by atoms with E-state index in [4.69, 9.17) is 9.47 Å². The van der Waals surface area contributed by atoms with Crippen LogP contribution in [0.3, 0.4) is 0 Å². The highest BCUT2D eigenvalue weighted by atomic mass is 32.1. The van der Waals surface area contributed by atoms with Crippen LogP contribution in [0, 0.1) is 13.8 Å². The quantitative estimate of drug-likeness (QED) is 0.753. The third-order valence-electron chi connectivity index (χ3n) is 4.27. The SMILES string of the molecule is Cc1ccc(C)c2sc(NC(=O)C3Oc4ccccc4OC3C)nc12. The largest absolute Gasteiger partial charge is 0.482 e. The molecule has 0 aliphatic carbocycles. The minimum absolute atomic E-state index is 0.253. The lowest BCUT2D eigenvalue weighted by Gasteiger charge is -2.30. The van der Waals surface area contributed by atoms with Gasteiger partial charge in [-0.25, -0.2) is 4.98 Å². The third-order valence-corrected chi connectivity index (χ3v) is 5.38. The van der Waals surface area contributed by atoms with E-state index in [1.807, 2.05) is 45.0 Å². The molecule has 0 bridgehead atoms. The molecule has 2 atom stereocenters. The number of anilines is 1. The van der Waals surface area contributed by atoms with Crippen molar-refractivity contribution in [1.29, 1.82) is 0 Å². The topological polar surface area (TPSA) is 60.5 Å². The summed E-state index contributed by atoms with van der Waals surface area (Å²) in [4.78, 5) is 17.3. The van der Waals surface area contributed by atoms with E-state index in [1.54, 1.807) is 6.07 Å². The van der Waals surface area contributed by atoms with Crippen molar-refractivity contribution in [3.63, 3.8) is 0 Å². The second kappa shape index (κ2) is 6.04. The van der Waals surface area contributed by atoms with Crippen LogP contribution in [0.1, 0.15) is 18.1 Å². The first-order valence-electron chi connectivity index (χ1n) is 8.13. The van der Waals surface area contributed by atoms with E-state index in [2.05, 4.69) is 16.4 Å². The van der Waals surface area contributed by atoms with Crippen molar-refractivity contribution in [2.75, 3.05) is 5.32 Å². The minimum atomic E-state index is -0.718. The van der Waals surface area contributed by atoms with Gasteiger partial charge in [0.25, 0.3) is 5.91 Å². The van der Waals surface area contributed by atoms with Crippen molar-refractivity contribution in [3.05, 3.63) is 47.5 Å². The molecule has 2 heterocycles. The molecular formula is C19H18N2O3S. The smallest absolute Gasteiger partial charge is 0.271 e. The van der Waals surface area contributed by atoms with E-state index < -0.39 is 6.10 Å². The number of amides is 1. The Labute approximate surface area is 149 Å². The van der Waals surface area contributed by atoms with Gasteiger partial charge in [0.2, 0.25) is 6.10 Å². The van der Waals surface area contributed by atoms with Crippen molar-refractivity contribution >= 4 is 32.6 Å². The predicted molar refractivity (Wildman–Crippen MR) is 98.7 cm³/mol. The fraction of sp³-hybridized carbons (Fsp3) is 0.263. The number of rotatable bonds is 2. The Hall–Kier alpha value is -2.60. The average molecular weight is 354 g/mol. The van der Waals surface area contributed by atoms with E-state index in [9.17, 15) is 4.79 Å². The Morgan fingerprint density at radius 3 is 2.48 bits per heavy atom. The minimum Gasteiger partial charge on any atom is -0.482 e. The molecule has 0 saturated heterocycles. The zero-order valence-electron chi connectivity index (χ0n) is 14.2. The fourth-order valence-electron chi connectivity index (χ4n) is 2.90. The van der Waals surface area contributed by atoms with Gasteiger partial charge >= 0.3 is 0 Å². The second-order valence-corrected chi connectivity index (χ2v) is 7.19. The van der Waals surface area contributed by atoms with E-state index in [0.29, 0.717) is 16.6 Å². The summed E-state index contributed by atoms with van der Waals surface area (Å²) in [5.74, 6) is 0.985. The number of benzene rings is 2. The van der Waals surface area contributed by atoms with Gasteiger partial charge in [-0.3, -0.25) is 10.1 Å². The van der Waals surface area contributed by atoms with Crippen molar-refractivity contribution in [2.45, 2.75) is 33.0 Å². The molecule has 0 saturated carbocycles. The number of thiazole rings is 1. The summed E-state index contributed by atoms with van der Waals surface area (Å²) in [7, 11) is 0. The highest BCUT2D eigenvalue weighted by Crippen LogP contribution is 2.35. The number of para-hydroxylation sites is 2. The second-order valence-electron chi connectivity index (χ2n) is 6.19. The molecule has 5 nitrogen and oxygen atoms in total. The monoisotopic (exact) mass is 354 g/mol. The average Bonchev–Trinajstić information content (AvgIpc) is 3.02. The lowest BCUT2D eigenvalue weighted by molar-refractivity contribution is -0.128. The lowest BCUT2D eigenvalue weighted by Crippen LogP contribution is -2.46. The van der Waals surface area contributed by atoms with Gasteiger partial charge in [-0.1, -0.05) is 35.6 Å². The first kappa shape index (κ1) is 15.9. The van der Waals surface area contributed by atoms with Gasteiger partial charge in [0, 0.05) is 0 Å². The molecule has 1 aliphatic rings. The van der Waals surface area contributed by atoms with E-state index in [0.717, 1.165) is 21.3 Å². The lowest BCUT2D eigenvalue weighted by atomic mass is 10.1. The molecule has 1 amide bonds. The van der Waals surface area contributed by atoms with Gasteiger partial charge < -0.3 is 9.47 Å². The van der Waals surface area contributed by atoms with Gasteiger partial charge in [-0.15, -0.1) is 0 Å². The van der Waals surface area contributed by atoms with Crippen LogP contribution < -0.4 is 14.8 Å². The van der Waals surface area contributed by atoms with Crippen LogP contribution in [0.2, 0.25) is 0 Å². The van der Waals surface area contributed by atoms with Gasteiger partial charge in [-0.05, 0) is 44.0 Å². The molecule has 0 spiro atoms. The summed E-state index contributed by atoms with van der Waals surface area (Å²) in [5, 5.41) is 3.46. The zero-order chi connectivity index (χ0) is 17.6. The molecule has 2 unspecified atom stereocenters. The molecule has 4 rings (SSSR count). The van der Waals surface area contributed by atoms with E-state index in [1.165, 1.54) is 11.3 Å². The highest BCUT2D eigenvalue weighted by Gasteiger charge is 2.34. The van der Waals surface area contributed by atoms with Gasteiger partial charge in [-0.2, -0.15) is 0 Å². The number of carbonyl (C=O) groups is 1. The number of hydrogen-bond donors (Lipinski definition) is 1. The Balaban J connectivity index is 1.58. The number of aromatic nitrogens is 1. The van der Waals surface area contributed by atoms with Crippen LogP contribution in [-0.4, -0.2) is 23.1 Å². The van der Waals surface area contributed by atoms with Crippen molar-refractivity contribution in [1.82, 2.24) is 4.98 Å². The summed E-state index contributed by atoms with van der Waals surface area (Å²) < 4.78 is 12.7. The first-order valence-corrected chi connectivity index (χ1v) is 8.94. The van der Waals surface area contributed by atoms with Crippen LogP contribution in [0.5, 0.6) is 11.5 Å². The summed E-state index contributed by atoms with van der Waals surface area (Å²) in [5.41, 5.74) is 3.18. The summed E-state index contributed by atoms with van der Waals surface area (Å²) in [6, 6.07) is 11.5. The molecule has 1 N–H and O–H groups in total. The van der Waals surface area contributed by atoms with Crippen LogP contribution in [0.4, 0.5) is 5.13 Å². The number of nitrogens with one attached hydrogen (secondary N) is 1. The molecule has 128 valence electrons. The highest BCUT2D eigenvalue weighted by molar-refractivity contribution is 7.22. The van der Waals surface area contributed by atoms with Crippen LogP contribution in [0.15, 0.2) is 36.4 Å². The zero-order valence-corrected chi connectivity index (χ0v) is 15.0. The maximum absolute atomic E-state index is 12.7. The summed E-state index contributed by atoms with van der Waals surface area (Å²) >= 11 is 1.48. The number of fused-ring (bicyclic) bond motifs is 2. The first-order chi connectivity index (χ1) is 12.0. The number of ether oxygens (including phenoxy) is 2. The normalized spacial score (nSPS) is 19.0. The predicted octanol–water partition coefficient (Wildman–Crippen LogP) is 4.08. The third kappa shape index (κ3) is 2.82. The number of carbonyl (C=O) groups excluding carboxylic acids is 1. The molecule has 1 aromatic heterocycles. The van der Waals surface area contributed by atoms with Gasteiger partial charge in [0.1, 0.15) is 6.10 Å². The Kier molecular flexibility index (Phi) is 3.84. The Morgan fingerprint density at radius 1 is 1.08 bits per heavy atom. The van der Waals surface area contributed by atoms with E-state index >= 15 is 0 Å². The van der Waals surface area contributed by atoms with Crippen molar-refractivity contribution in [3.8, 4) is 11.5 Å². The molecule has 2 aromatic carbocycles. The molecule has 1 aliphatic heterocycles. The Bertz CT molecular complexity index is 927. The summed E-state index contributed by atoms with van der Waals surface area (Å²) in [6.45, 7) is 5.89. The van der Waals surface area contributed by atoms with Crippen LogP contribution >= 0.6 is 11.3 Å². The molecule has 25 heavy (non-hydrogen) atoms. The molecule has 3 aromatic rings. The fourth-order valence-corrected chi connectivity index (χ4v) is 3.91. The van der Waals surface area contributed by atoms with Crippen molar-refractivity contribution in [2.24, 2.45) is 0 Å². The van der Waals surface area contributed by atoms with E-state index in [-0.39, 0.29) is 12.0 Å². The van der Waals surface area contributed by atoms with Gasteiger partial charge in [0.05, 0.1) is 10.2 Å². The molecular weight excluding hydrogens is 336 g/mol. The van der Waals surface area contributed by atoms with Crippen LogP contribution in [-0.2, 0) is 4.79 Å². The molecule has 0 radical (unpaired) electrons. The number of hydrogen-bond acceptors (Lipinski definition) is 5. The maximum Gasteiger partial charge on any atom is 0.271 e. The maximum atomic E-state index is 12.7. The number of aryl methyl sites for hydroxylation is 2. The van der Waals surface area contributed by atoms with Crippen molar-refractivity contribution < 1.29 is 14.3 Å². The van der Waals surface area contributed by atoms with Gasteiger partial charge in [0.15, 0.2) is 16.6 Å². The molecule has 6 heteroatoms. The van der Waals surface area contributed by atoms with Crippen LogP contribution in [0.25, 0.3) is 10.2 Å².